The molecule has 0 aliphatic carbocycles. The third-order valence-corrected chi connectivity index (χ3v) is 4.67. The highest BCUT2D eigenvalue weighted by Gasteiger charge is 2.32. The number of aryl methyl sites for hydroxylation is 1. The lowest BCUT2D eigenvalue weighted by atomic mass is 10.1. The van der Waals surface area contributed by atoms with Crippen LogP contribution in [-0.4, -0.2) is 47.7 Å². The first kappa shape index (κ1) is 14.8. The van der Waals surface area contributed by atoms with Gasteiger partial charge >= 0.3 is 0 Å². The van der Waals surface area contributed by atoms with Crippen molar-refractivity contribution in [2.45, 2.75) is 29.8 Å². The van der Waals surface area contributed by atoms with Crippen LogP contribution in [0.15, 0.2) is 30.2 Å². The van der Waals surface area contributed by atoms with Gasteiger partial charge in [0.15, 0.2) is 0 Å². The summed E-state index contributed by atoms with van der Waals surface area (Å²) in [6, 6.07) is 0. The normalized spacial score (nSPS) is 18.7. The minimum Gasteiger partial charge on any atom is -0.309 e. The van der Waals surface area contributed by atoms with Gasteiger partial charge in [-0.1, -0.05) is 17.8 Å². The number of carbonyl (C=O) groups excluding carboxylic acids is 1. The second kappa shape index (κ2) is 6.30. The molecule has 0 saturated carbocycles. The molecule has 3 heterocycles. The van der Waals surface area contributed by atoms with Crippen molar-refractivity contribution in [1.29, 1.82) is 0 Å². The number of rotatable bonds is 5. The van der Waals surface area contributed by atoms with Gasteiger partial charge in [0.2, 0.25) is 11.1 Å². The molecular formula is C13H17N7OS. The Kier molecular flexibility index (Phi) is 4.23. The molecule has 0 bridgehead atoms. The smallest absolute Gasteiger partial charge is 0.240 e. The lowest BCUT2D eigenvalue weighted by Crippen LogP contribution is -2.43. The number of nitrogens with zero attached hydrogens (tertiary/aromatic N) is 7. The first-order valence-corrected chi connectivity index (χ1v) is 7.90. The number of piperidine rings is 1. The summed E-state index contributed by atoms with van der Waals surface area (Å²) in [6.45, 7) is 4.93. The summed E-state index contributed by atoms with van der Waals surface area (Å²) in [5.41, 5.74) is 0.837. The molecule has 0 aromatic carbocycles. The Labute approximate surface area is 132 Å². The molecular weight excluding hydrogens is 302 g/mol. The Morgan fingerprint density at radius 3 is 3.14 bits per heavy atom. The second-order valence-corrected chi connectivity index (χ2v) is 6.21. The molecule has 1 aliphatic heterocycles. The number of hydrogen-bond acceptors (Lipinski definition) is 6. The van der Waals surface area contributed by atoms with Gasteiger partial charge in [-0.25, -0.2) is 4.68 Å². The van der Waals surface area contributed by atoms with Crippen LogP contribution in [0.4, 0.5) is 5.69 Å². The largest absolute Gasteiger partial charge is 0.309 e. The van der Waals surface area contributed by atoms with Crippen LogP contribution in [0.3, 0.4) is 0 Å². The van der Waals surface area contributed by atoms with E-state index in [4.69, 9.17) is 0 Å². The molecule has 0 N–H and O–H groups in total. The first-order valence-electron chi connectivity index (χ1n) is 7.03. The molecule has 3 rings (SSSR count). The van der Waals surface area contributed by atoms with Gasteiger partial charge in [-0.3, -0.25) is 9.48 Å². The van der Waals surface area contributed by atoms with Gasteiger partial charge in [0.05, 0.1) is 23.7 Å². The van der Waals surface area contributed by atoms with Gasteiger partial charge in [0.1, 0.15) is 0 Å². The lowest BCUT2D eigenvalue weighted by Gasteiger charge is -2.30. The zero-order chi connectivity index (χ0) is 15.5. The van der Waals surface area contributed by atoms with Gasteiger partial charge in [-0.2, -0.15) is 5.10 Å². The fourth-order valence-electron chi connectivity index (χ4n) is 2.40. The maximum atomic E-state index is 12.7. The fourth-order valence-corrected chi connectivity index (χ4v) is 3.48. The Hall–Kier alpha value is -2.16. The van der Waals surface area contributed by atoms with Crippen molar-refractivity contribution in [2.75, 3.05) is 11.4 Å². The van der Waals surface area contributed by atoms with E-state index in [0.29, 0.717) is 11.7 Å². The Balaban J connectivity index is 1.75. The van der Waals surface area contributed by atoms with Crippen molar-refractivity contribution in [3.05, 3.63) is 25.0 Å². The van der Waals surface area contributed by atoms with Gasteiger partial charge < -0.3 is 4.90 Å². The standard InChI is InChI=1S/C13H17N7OS/c1-3-6-20-13(15-16-17-20)22-11-5-4-7-19(12(11)21)10-8-14-18(2)9-10/h3,8-9,11H,1,4-7H2,2H3. The molecule has 1 atom stereocenters. The van der Waals surface area contributed by atoms with E-state index in [1.54, 1.807) is 26.5 Å². The summed E-state index contributed by atoms with van der Waals surface area (Å²) in [6.07, 6.45) is 7.06. The van der Waals surface area contributed by atoms with E-state index < -0.39 is 0 Å². The quantitative estimate of drug-likeness (QED) is 0.761. The van der Waals surface area contributed by atoms with Gasteiger partial charge in [0, 0.05) is 19.8 Å². The summed E-state index contributed by atoms with van der Waals surface area (Å²) in [7, 11) is 1.84. The zero-order valence-electron chi connectivity index (χ0n) is 12.3. The summed E-state index contributed by atoms with van der Waals surface area (Å²) in [4.78, 5) is 14.5. The van der Waals surface area contributed by atoms with E-state index in [9.17, 15) is 4.79 Å². The molecule has 2 aromatic rings. The van der Waals surface area contributed by atoms with Gasteiger partial charge in [-0.15, -0.1) is 11.7 Å². The SMILES string of the molecule is C=CCn1nnnc1SC1CCCN(c2cnn(C)c2)C1=O. The summed E-state index contributed by atoms with van der Waals surface area (Å²) >= 11 is 1.41. The summed E-state index contributed by atoms with van der Waals surface area (Å²) in [5.74, 6) is 0.0809. The molecule has 0 spiro atoms. The Morgan fingerprint density at radius 2 is 2.41 bits per heavy atom. The monoisotopic (exact) mass is 319 g/mol. The second-order valence-electron chi connectivity index (χ2n) is 5.04. The minimum absolute atomic E-state index is 0.0809. The number of carbonyl (C=O) groups is 1. The average molecular weight is 319 g/mol. The number of anilines is 1. The first-order chi connectivity index (χ1) is 10.7. The third kappa shape index (κ3) is 2.89. The van der Waals surface area contributed by atoms with Crippen LogP contribution < -0.4 is 4.90 Å². The molecule has 2 aromatic heterocycles. The van der Waals surface area contributed by atoms with Crippen LogP contribution in [0.1, 0.15) is 12.8 Å². The molecule has 116 valence electrons. The number of amides is 1. The van der Waals surface area contributed by atoms with Crippen molar-refractivity contribution in [1.82, 2.24) is 30.0 Å². The van der Waals surface area contributed by atoms with Crippen LogP contribution in [-0.2, 0) is 18.4 Å². The van der Waals surface area contributed by atoms with Crippen LogP contribution in [0.25, 0.3) is 0 Å². The maximum absolute atomic E-state index is 12.7. The predicted octanol–water partition coefficient (Wildman–Crippen LogP) is 0.880. The fraction of sp³-hybridized carbons (Fsp3) is 0.462. The zero-order valence-corrected chi connectivity index (χ0v) is 13.1. The molecule has 1 fully saturated rings. The van der Waals surface area contributed by atoms with Crippen LogP contribution in [0.2, 0.25) is 0 Å². The van der Waals surface area contributed by atoms with E-state index >= 15 is 0 Å². The third-order valence-electron chi connectivity index (χ3n) is 3.44. The van der Waals surface area contributed by atoms with E-state index in [2.05, 4.69) is 27.2 Å². The number of hydrogen-bond donors (Lipinski definition) is 0. The molecule has 8 nitrogen and oxygen atoms in total. The molecule has 1 aliphatic rings. The highest BCUT2D eigenvalue weighted by atomic mass is 32.2. The maximum Gasteiger partial charge on any atom is 0.240 e. The van der Waals surface area contributed by atoms with Crippen molar-refractivity contribution >= 4 is 23.4 Å². The molecule has 1 unspecified atom stereocenters. The van der Waals surface area contributed by atoms with Gasteiger partial charge in [-0.05, 0) is 23.3 Å². The molecule has 1 saturated heterocycles. The van der Waals surface area contributed by atoms with Crippen molar-refractivity contribution < 1.29 is 4.79 Å². The molecule has 1 amide bonds. The van der Waals surface area contributed by atoms with E-state index in [0.717, 1.165) is 25.1 Å². The number of tetrazole rings is 1. The summed E-state index contributed by atoms with van der Waals surface area (Å²) < 4.78 is 3.35. The summed E-state index contributed by atoms with van der Waals surface area (Å²) in [5, 5.41) is 16.2. The minimum atomic E-state index is -0.177. The number of aromatic nitrogens is 6. The van der Waals surface area contributed by atoms with E-state index in [1.807, 2.05) is 13.2 Å². The Bertz CT molecular complexity index is 679. The number of thioether (sulfide) groups is 1. The Morgan fingerprint density at radius 1 is 1.55 bits per heavy atom. The molecule has 0 radical (unpaired) electrons. The number of allylic oxidation sites excluding steroid dienone is 1. The van der Waals surface area contributed by atoms with E-state index in [-0.39, 0.29) is 11.2 Å². The van der Waals surface area contributed by atoms with E-state index in [1.165, 1.54) is 11.8 Å². The van der Waals surface area contributed by atoms with Crippen LogP contribution >= 0.6 is 11.8 Å². The van der Waals surface area contributed by atoms with Crippen molar-refractivity contribution in [3.8, 4) is 0 Å². The highest BCUT2D eigenvalue weighted by molar-refractivity contribution is 8.00. The molecule has 22 heavy (non-hydrogen) atoms. The predicted molar refractivity (Wildman–Crippen MR) is 82.5 cm³/mol. The van der Waals surface area contributed by atoms with Crippen molar-refractivity contribution in [3.63, 3.8) is 0 Å². The van der Waals surface area contributed by atoms with Crippen LogP contribution in [0.5, 0.6) is 0 Å². The van der Waals surface area contributed by atoms with Gasteiger partial charge in [0.25, 0.3) is 0 Å². The molecule has 9 heteroatoms. The van der Waals surface area contributed by atoms with Crippen LogP contribution in [0, 0.1) is 0 Å². The highest BCUT2D eigenvalue weighted by Crippen LogP contribution is 2.31. The average Bonchev–Trinajstić information content (AvgIpc) is 3.11. The topological polar surface area (TPSA) is 81.7 Å². The lowest BCUT2D eigenvalue weighted by molar-refractivity contribution is -0.119. The van der Waals surface area contributed by atoms with Crippen molar-refractivity contribution in [2.24, 2.45) is 7.05 Å².